The van der Waals surface area contributed by atoms with Crippen molar-refractivity contribution in [2.75, 3.05) is 6.61 Å². The van der Waals surface area contributed by atoms with Crippen molar-refractivity contribution in [2.45, 2.75) is 12.3 Å². The van der Waals surface area contributed by atoms with E-state index in [1.54, 1.807) is 18.2 Å². The highest BCUT2D eigenvalue weighted by molar-refractivity contribution is 5.84. The number of aromatic hydroxyl groups is 1. The Morgan fingerprint density at radius 3 is 2.73 bits per heavy atom. The van der Waals surface area contributed by atoms with Gasteiger partial charge in [-0.25, -0.2) is 4.79 Å². The van der Waals surface area contributed by atoms with E-state index in [4.69, 9.17) is 9.15 Å². The van der Waals surface area contributed by atoms with E-state index in [-0.39, 0.29) is 11.7 Å². The standard InChI is InChI=1S/C18H14O4/c19-17-13-6-2-4-8-15(13)22-18(20)16(17)12-9-10-21-14-7-3-1-5-11(12)14/h1-8,12,19H,9-10H2. The van der Waals surface area contributed by atoms with Crippen molar-refractivity contribution in [3.8, 4) is 11.5 Å². The second-order valence-corrected chi connectivity index (χ2v) is 5.38. The van der Waals surface area contributed by atoms with E-state index >= 15 is 0 Å². The van der Waals surface area contributed by atoms with Gasteiger partial charge in [-0.05, 0) is 24.6 Å². The quantitative estimate of drug-likeness (QED) is 0.699. The Kier molecular flexibility index (Phi) is 2.89. The molecule has 1 N–H and O–H groups in total. The van der Waals surface area contributed by atoms with Crippen LogP contribution in [0.5, 0.6) is 11.5 Å². The predicted molar refractivity (Wildman–Crippen MR) is 82.5 cm³/mol. The third-order valence-electron chi connectivity index (χ3n) is 4.13. The van der Waals surface area contributed by atoms with Crippen LogP contribution in [0, 0.1) is 0 Å². The van der Waals surface area contributed by atoms with Crippen LogP contribution in [0.3, 0.4) is 0 Å². The second kappa shape index (κ2) is 4.91. The smallest absolute Gasteiger partial charge is 0.343 e. The van der Waals surface area contributed by atoms with Gasteiger partial charge in [0.2, 0.25) is 0 Å². The Labute approximate surface area is 126 Å². The van der Waals surface area contributed by atoms with Gasteiger partial charge in [-0.3, -0.25) is 0 Å². The first kappa shape index (κ1) is 13.0. The Morgan fingerprint density at radius 2 is 1.82 bits per heavy atom. The van der Waals surface area contributed by atoms with Crippen LogP contribution in [0.4, 0.5) is 0 Å². The first-order chi connectivity index (χ1) is 10.8. The molecule has 0 bridgehead atoms. The lowest BCUT2D eigenvalue weighted by atomic mass is 9.86. The molecule has 0 fully saturated rings. The van der Waals surface area contributed by atoms with Gasteiger partial charge in [-0.2, -0.15) is 0 Å². The molecule has 1 aromatic heterocycles. The van der Waals surface area contributed by atoms with Gasteiger partial charge < -0.3 is 14.3 Å². The number of para-hydroxylation sites is 2. The molecule has 0 saturated heterocycles. The SMILES string of the molecule is O=c1oc2ccccc2c(O)c1C1CCOc2ccccc21. The van der Waals surface area contributed by atoms with Gasteiger partial charge in [0.05, 0.1) is 17.6 Å². The van der Waals surface area contributed by atoms with Gasteiger partial charge in [0.1, 0.15) is 17.1 Å². The molecule has 1 unspecified atom stereocenters. The van der Waals surface area contributed by atoms with Crippen molar-refractivity contribution in [1.82, 2.24) is 0 Å². The molecule has 4 rings (SSSR count). The van der Waals surface area contributed by atoms with E-state index in [0.717, 1.165) is 11.3 Å². The molecular weight excluding hydrogens is 280 g/mol. The highest BCUT2D eigenvalue weighted by Gasteiger charge is 2.29. The monoisotopic (exact) mass is 294 g/mol. The number of benzene rings is 2. The van der Waals surface area contributed by atoms with Crippen LogP contribution < -0.4 is 10.4 Å². The Morgan fingerprint density at radius 1 is 1.05 bits per heavy atom. The van der Waals surface area contributed by atoms with Crippen LogP contribution in [-0.4, -0.2) is 11.7 Å². The van der Waals surface area contributed by atoms with Crippen LogP contribution in [0.15, 0.2) is 57.7 Å². The first-order valence-electron chi connectivity index (χ1n) is 7.22. The summed E-state index contributed by atoms with van der Waals surface area (Å²) in [5, 5.41) is 11.2. The van der Waals surface area contributed by atoms with Gasteiger partial charge in [0, 0.05) is 11.5 Å². The molecule has 4 heteroatoms. The zero-order valence-electron chi connectivity index (χ0n) is 11.8. The summed E-state index contributed by atoms with van der Waals surface area (Å²) in [7, 11) is 0. The summed E-state index contributed by atoms with van der Waals surface area (Å²) in [5.41, 5.74) is 1.13. The van der Waals surface area contributed by atoms with Gasteiger partial charge >= 0.3 is 5.63 Å². The van der Waals surface area contributed by atoms with E-state index in [1.165, 1.54) is 0 Å². The zero-order chi connectivity index (χ0) is 15.1. The topological polar surface area (TPSA) is 59.7 Å². The minimum atomic E-state index is -0.488. The third-order valence-corrected chi connectivity index (χ3v) is 4.13. The van der Waals surface area contributed by atoms with E-state index in [2.05, 4.69) is 0 Å². The molecule has 1 aliphatic heterocycles. The fraction of sp³-hybridized carbons (Fsp3) is 0.167. The summed E-state index contributed by atoms with van der Waals surface area (Å²) in [4.78, 5) is 12.4. The van der Waals surface area contributed by atoms with Crippen LogP contribution in [0.2, 0.25) is 0 Å². The van der Waals surface area contributed by atoms with Gasteiger partial charge in [-0.1, -0.05) is 30.3 Å². The van der Waals surface area contributed by atoms with E-state index in [9.17, 15) is 9.90 Å². The molecule has 0 aliphatic carbocycles. The van der Waals surface area contributed by atoms with Crippen molar-refractivity contribution >= 4 is 11.0 Å². The number of rotatable bonds is 1. The fourth-order valence-electron chi connectivity index (χ4n) is 3.10. The summed E-state index contributed by atoms with van der Waals surface area (Å²) in [6.07, 6.45) is 0.633. The number of hydrogen-bond acceptors (Lipinski definition) is 4. The molecule has 2 aromatic carbocycles. The van der Waals surface area contributed by atoms with Crippen LogP contribution in [0.25, 0.3) is 11.0 Å². The fourth-order valence-corrected chi connectivity index (χ4v) is 3.10. The molecule has 0 radical (unpaired) electrons. The van der Waals surface area contributed by atoms with Crippen molar-refractivity contribution in [1.29, 1.82) is 0 Å². The summed E-state index contributed by atoms with van der Waals surface area (Å²) < 4.78 is 11.0. The molecule has 0 amide bonds. The summed E-state index contributed by atoms with van der Waals surface area (Å²) in [5.74, 6) is 0.546. The molecule has 0 saturated carbocycles. The summed E-state index contributed by atoms with van der Waals surface area (Å²) >= 11 is 0. The lowest BCUT2D eigenvalue weighted by Gasteiger charge is -2.25. The second-order valence-electron chi connectivity index (χ2n) is 5.38. The third kappa shape index (κ3) is 1.88. The molecule has 1 atom stereocenters. The van der Waals surface area contributed by atoms with Gasteiger partial charge in [-0.15, -0.1) is 0 Å². The minimum Gasteiger partial charge on any atom is -0.507 e. The normalized spacial score (nSPS) is 17.0. The summed E-state index contributed by atoms with van der Waals surface area (Å²) in [6.45, 7) is 0.507. The highest BCUT2D eigenvalue weighted by atomic mass is 16.5. The highest BCUT2D eigenvalue weighted by Crippen LogP contribution is 2.41. The molecular formula is C18H14O4. The molecule has 2 heterocycles. The van der Waals surface area contributed by atoms with Crippen LogP contribution >= 0.6 is 0 Å². The van der Waals surface area contributed by atoms with Gasteiger partial charge in [0.15, 0.2) is 0 Å². The van der Waals surface area contributed by atoms with Crippen molar-refractivity contribution in [3.05, 3.63) is 70.1 Å². The maximum absolute atomic E-state index is 12.4. The van der Waals surface area contributed by atoms with Crippen LogP contribution in [-0.2, 0) is 0 Å². The van der Waals surface area contributed by atoms with Crippen molar-refractivity contribution in [2.24, 2.45) is 0 Å². The van der Waals surface area contributed by atoms with E-state index in [0.29, 0.717) is 29.6 Å². The zero-order valence-corrected chi connectivity index (χ0v) is 11.8. The van der Waals surface area contributed by atoms with E-state index in [1.807, 2.05) is 30.3 Å². The van der Waals surface area contributed by atoms with Crippen molar-refractivity contribution in [3.63, 3.8) is 0 Å². The average Bonchev–Trinajstić information content (AvgIpc) is 2.55. The molecule has 0 spiro atoms. The molecule has 110 valence electrons. The lowest BCUT2D eigenvalue weighted by Crippen LogP contribution is -2.20. The molecule has 3 aromatic rings. The Balaban J connectivity index is 1.98. The van der Waals surface area contributed by atoms with Crippen LogP contribution in [0.1, 0.15) is 23.5 Å². The van der Waals surface area contributed by atoms with E-state index < -0.39 is 5.63 Å². The Hall–Kier alpha value is -2.75. The predicted octanol–water partition coefficient (Wildman–Crippen LogP) is 3.41. The number of fused-ring (bicyclic) bond motifs is 2. The summed E-state index contributed by atoms with van der Waals surface area (Å²) in [6, 6.07) is 14.6. The average molecular weight is 294 g/mol. The van der Waals surface area contributed by atoms with Crippen molar-refractivity contribution < 1.29 is 14.3 Å². The molecule has 1 aliphatic rings. The molecule has 4 nitrogen and oxygen atoms in total. The lowest BCUT2D eigenvalue weighted by molar-refractivity contribution is 0.274. The largest absolute Gasteiger partial charge is 0.507 e. The minimum absolute atomic E-state index is 0.00792. The maximum atomic E-state index is 12.4. The number of ether oxygens (including phenoxy) is 1. The van der Waals surface area contributed by atoms with Gasteiger partial charge in [0.25, 0.3) is 0 Å². The Bertz CT molecular complexity index is 910. The maximum Gasteiger partial charge on any atom is 0.343 e. The number of hydrogen-bond donors (Lipinski definition) is 1. The molecule has 22 heavy (non-hydrogen) atoms. The first-order valence-corrected chi connectivity index (χ1v) is 7.22.